The summed E-state index contributed by atoms with van der Waals surface area (Å²) in [5.74, 6) is 0.519. The molecule has 1 aliphatic carbocycles. The fraction of sp³-hybridized carbons (Fsp3) is 0.900. The third-order valence-electron chi connectivity index (χ3n) is 2.74. The normalized spacial score (nSPS) is 21.8. The number of aliphatic hydroxyl groups is 1. The van der Waals surface area contributed by atoms with Crippen molar-refractivity contribution in [1.82, 2.24) is 5.32 Å². The maximum absolute atomic E-state index is 8.92. The van der Waals surface area contributed by atoms with Gasteiger partial charge >= 0.3 is 0 Å². The van der Waals surface area contributed by atoms with Crippen molar-refractivity contribution in [2.45, 2.75) is 51.1 Å². The van der Waals surface area contributed by atoms with Gasteiger partial charge in [0.15, 0.2) is 5.96 Å². The molecule has 82 valence electrons. The van der Waals surface area contributed by atoms with Gasteiger partial charge in [0.1, 0.15) is 0 Å². The molecule has 4 heteroatoms. The summed E-state index contributed by atoms with van der Waals surface area (Å²) in [5, 5.41) is 12.1. The van der Waals surface area contributed by atoms with Crippen molar-refractivity contribution >= 4 is 5.96 Å². The molecule has 1 rings (SSSR count). The minimum atomic E-state index is -0.128. The molecular weight excluding hydrogens is 178 g/mol. The molecule has 0 aromatic heterocycles. The highest BCUT2D eigenvalue weighted by Gasteiger charge is 2.24. The molecule has 0 radical (unpaired) electrons. The Labute approximate surface area is 85.6 Å². The van der Waals surface area contributed by atoms with Crippen LogP contribution in [-0.2, 0) is 0 Å². The highest BCUT2D eigenvalue weighted by atomic mass is 16.3. The van der Waals surface area contributed by atoms with E-state index in [1.165, 1.54) is 0 Å². The second-order valence-corrected chi connectivity index (χ2v) is 4.26. The quantitative estimate of drug-likeness (QED) is 0.448. The lowest BCUT2D eigenvalue weighted by Crippen LogP contribution is -2.49. The van der Waals surface area contributed by atoms with Gasteiger partial charge in [-0.1, -0.05) is 6.92 Å². The van der Waals surface area contributed by atoms with Crippen LogP contribution in [0.25, 0.3) is 0 Å². The Morgan fingerprint density at radius 3 is 2.71 bits per heavy atom. The Morgan fingerprint density at radius 1 is 1.64 bits per heavy atom. The zero-order chi connectivity index (χ0) is 10.6. The van der Waals surface area contributed by atoms with E-state index in [0.717, 1.165) is 19.3 Å². The Balaban J connectivity index is 2.44. The average molecular weight is 199 g/mol. The zero-order valence-electron chi connectivity index (χ0n) is 9.08. The number of guanidine groups is 1. The van der Waals surface area contributed by atoms with Gasteiger partial charge in [-0.15, -0.1) is 0 Å². The molecule has 1 aliphatic rings. The number of rotatable bonds is 5. The molecule has 0 bridgehead atoms. The van der Waals surface area contributed by atoms with Crippen LogP contribution in [-0.4, -0.2) is 29.3 Å². The highest BCUT2D eigenvalue weighted by Crippen LogP contribution is 2.23. The third-order valence-corrected chi connectivity index (χ3v) is 2.74. The summed E-state index contributed by atoms with van der Waals surface area (Å²) in [6.45, 7) is 4.31. The number of aliphatic imine (C=N–C) groups is 1. The van der Waals surface area contributed by atoms with Gasteiger partial charge in [-0.25, -0.2) is 0 Å². The minimum absolute atomic E-state index is 0.128. The van der Waals surface area contributed by atoms with Crippen LogP contribution in [0.15, 0.2) is 4.99 Å². The number of nitrogens with two attached hydrogens (primary N) is 1. The molecule has 1 fully saturated rings. The zero-order valence-corrected chi connectivity index (χ0v) is 9.08. The van der Waals surface area contributed by atoms with Crippen molar-refractivity contribution in [3.05, 3.63) is 0 Å². The van der Waals surface area contributed by atoms with Gasteiger partial charge in [0.25, 0.3) is 0 Å². The first-order valence-electron chi connectivity index (χ1n) is 5.32. The minimum Gasteiger partial charge on any atom is -0.396 e. The predicted octanol–water partition coefficient (Wildman–Crippen LogP) is 0.604. The smallest absolute Gasteiger partial charge is 0.189 e. The van der Waals surface area contributed by atoms with Crippen LogP contribution < -0.4 is 11.1 Å². The molecule has 1 saturated carbocycles. The second-order valence-electron chi connectivity index (χ2n) is 4.26. The molecule has 1 unspecified atom stereocenters. The summed E-state index contributed by atoms with van der Waals surface area (Å²) in [4.78, 5) is 4.31. The lowest BCUT2D eigenvalue weighted by atomic mass is 9.95. The van der Waals surface area contributed by atoms with Gasteiger partial charge < -0.3 is 16.2 Å². The average Bonchev–Trinajstić information content (AvgIpc) is 2.88. The molecule has 4 N–H and O–H groups in total. The summed E-state index contributed by atoms with van der Waals surface area (Å²) in [7, 11) is 0. The lowest BCUT2D eigenvalue weighted by molar-refractivity contribution is 0.231. The number of hydrogen-bond donors (Lipinski definition) is 3. The van der Waals surface area contributed by atoms with E-state index < -0.39 is 0 Å². The van der Waals surface area contributed by atoms with Crippen LogP contribution >= 0.6 is 0 Å². The topological polar surface area (TPSA) is 70.6 Å². The summed E-state index contributed by atoms with van der Waals surface area (Å²) in [5.41, 5.74) is 5.64. The van der Waals surface area contributed by atoms with E-state index >= 15 is 0 Å². The van der Waals surface area contributed by atoms with E-state index in [2.05, 4.69) is 24.2 Å². The molecule has 4 nitrogen and oxygen atoms in total. The fourth-order valence-corrected chi connectivity index (χ4v) is 1.32. The van der Waals surface area contributed by atoms with E-state index in [9.17, 15) is 0 Å². The number of nitrogens with one attached hydrogen (secondary N) is 1. The van der Waals surface area contributed by atoms with Crippen LogP contribution in [0.4, 0.5) is 0 Å². The molecule has 14 heavy (non-hydrogen) atoms. The Hall–Kier alpha value is -0.770. The van der Waals surface area contributed by atoms with Gasteiger partial charge in [0.2, 0.25) is 0 Å². The van der Waals surface area contributed by atoms with Crippen molar-refractivity contribution in [3.63, 3.8) is 0 Å². The molecule has 0 aromatic carbocycles. The van der Waals surface area contributed by atoms with Gasteiger partial charge in [-0.2, -0.15) is 0 Å². The summed E-state index contributed by atoms with van der Waals surface area (Å²) < 4.78 is 0. The second kappa shape index (κ2) is 4.64. The van der Waals surface area contributed by atoms with Crippen molar-refractivity contribution in [3.8, 4) is 0 Å². The van der Waals surface area contributed by atoms with Crippen molar-refractivity contribution < 1.29 is 5.11 Å². The van der Waals surface area contributed by atoms with Crippen LogP contribution in [0.2, 0.25) is 0 Å². The first kappa shape index (κ1) is 11.3. The molecular formula is C10H21N3O. The van der Waals surface area contributed by atoms with Crippen LogP contribution in [0.5, 0.6) is 0 Å². The van der Waals surface area contributed by atoms with E-state index in [4.69, 9.17) is 10.8 Å². The maximum atomic E-state index is 8.92. The van der Waals surface area contributed by atoms with Gasteiger partial charge in [0.05, 0.1) is 6.04 Å². The lowest BCUT2D eigenvalue weighted by Gasteiger charge is -2.29. The van der Waals surface area contributed by atoms with Gasteiger partial charge in [0, 0.05) is 12.1 Å². The third kappa shape index (κ3) is 3.54. The maximum Gasteiger partial charge on any atom is 0.189 e. The first-order chi connectivity index (χ1) is 6.59. The SMILES string of the molecule is CCC(C)(CCO)NC(N)=NC1CC1. The Bertz CT molecular complexity index is 213. The van der Waals surface area contributed by atoms with E-state index in [0.29, 0.717) is 18.4 Å². The summed E-state index contributed by atoms with van der Waals surface area (Å²) in [6.07, 6.45) is 3.94. The van der Waals surface area contributed by atoms with Crippen LogP contribution in [0, 0.1) is 0 Å². The Morgan fingerprint density at radius 2 is 2.29 bits per heavy atom. The van der Waals surface area contributed by atoms with Crippen molar-refractivity contribution in [2.24, 2.45) is 10.7 Å². The standard InChI is InChI=1S/C10H21N3O/c1-3-10(2,6-7-14)13-9(11)12-8-4-5-8/h8,14H,3-7H2,1-2H3,(H3,11,12,13). The van der Waals surface area contributed by atoms with Gasteiger partial charge in [-0.05, 0) is 32.6 Å². The monoisotopic (exact) mass is 199 g/mol. The van der Waals surface area contributed by atoms with Crippen LogP contribution in [0.3, 0.4) is 0 Å². The van der Waals surface area contributed by atoms with Crippen molar-refractivity contribution in [1.29, 1.82) is 0 Å². The van der Waals surface area contributed by atoms with E-state index in [1.807, 2.05) is 0 Å². The fourth-order valence-electron chi connectivity index (χ4n) is 1.32. The van der Waals surface area contributed by atoms with E-state index in [-0.39, 0.29) is 12.1 Å². The molecule has 0 saturated heterocycles. The summed E-state index contributed by atoms with van der Waals surface area (Å²) >= 11 is 0. The molecule has 0 aromatic rings. The van der Waals surface area contributed by atoms with E-state index in [1.54, 1.807) is 0 Å². The molecule has 0 amide bonds. The number of nitrogens with zero attached hydrogens (tertiary/aromatic N) is 1. The molecule has 0 aliphatic heterocycles. The van der Waals surface area contributed by atoms with Gasteiger partial charge in [-0.3, -0.25) is 4.99 Å². The number of hydrogen-bond acceptors (Lipinski definition) is 2. The molecule has 0 heterocycles. The predicted molar refractivity (Wildman–Crippen MR) is 58.2 cm³/mol. The molecule has 0 spiro atoms. The van der Waals surface area contributed by atoms with Crippen molar-refractivity contribution in [2.75, 3.05) is 6.61 Å². The van der Waals surface area contributed by atoms with Crippen LogP contribution in [0.1, 0.15) is 39.5 Å². The number of aliphatic hydroxyl groups excluding tert-OH is 1. The highest BCUT2D eigenvalue weighted by molar-refractivity contribution is 5.79. The molecule has 1 atom stereocenters. The largest absolute Gasteiger partial charge is 0.396 e. The Kier molecular flexibility index (Phi) is 3.75. The summed E-state index contributed by atoms with van der Waals surface area (Å²) in [6, 6.07) is 0.442. The first-order valence-corrected chi connectivity index (χ1v) is 5.32.